The van der Waals surface area contributed by atoms with Gasteiger partial charge in [-0.05, 0) is 11.6 Å². The maximum atomic E-state index is 13.1. The van der Waals surface area contributed by atoms with Crippen LogP contribution in [0.4, 0.5) is 18.9 Å². The van der Waals surface area contributed by atoms with Crippen molar-refractivity contribution in [2.24, 2.45) is 11.8 Å². The van der Waals surface area contributed by atoms with E-state index in [9.17, 15) is 23.3 Å². The van der Waals surface area contributed by atoms with Crippen molar-refractivity contribution in [1.29, 1.82) is 5.41 Å². The zero-order valence-electron chi connectivity index (χ0n) is 12.3. The topological polar surface area (TPSA) is 76.2 Å². The van der Waals surface area contributed by atoms with Crippen molar-refractivity contribution in [3.05, 3.63) is 63.9 Å². The summed E-state index contributed by atoms with van der Waals surface area (Å²) in [4.78, 5) is 10.4. The number of benzene rings is 1. The van der Waals surface area contributed by atoms with E-state index in [0.717, 1.165) is 0 Å². The molecule has 0 aromatic heterocycles. The van der Waals surface area contributed by atoms with Crippen LogP contribution in [0.5, 0.6) is 0 Å². The van der Waals surface area contributed by atoms with E-state index < -0.39 is 41.2 Å². The largest absolute Gasteiger partial charge is 0.496 e. The Labute approximate surface area is 135 Å². The number of nitro groups is 1. The second-order valence-corrected chi connectivity index (χ2v) is 5.67. The summed E-state index contributed by atoms with van der Waals surface area (Å²) in [5, 5.41) is 19.0. The predicted molar refractivity (Wildman–Crippen MR) is 79.8 cm³/mol. The molecule has 24 heavy (non-hydrogen) atoms. The molecule has 1 heterocycles. The van der Waals surface area contributed by atoms with Gasteiger partial charge >= 0.3 is 6.18 Å². The Bertz CT molecular complexity index is 755. The number of alkyl halides is 3. The van der Waals surface area contributed by atoms with Crippen LogP contribution in [0.1, 0.15) is 11.5 Å². The Kier molecular flexibility index (Phi) is 3.90. The predicted octanol–water partition coefficient (Wildman–Crippen LogP) is 3.98. The van der Waals surface area contributed by atoms with Crippen LogP contribution in [0.25, 0.3) is 0 Å². The molecule has 3 unspecified atom stereocenters. The van der Waals surface area contributed by atoms with Crippen LogP contribution in [0.3, 0.4) is 0 Å². The lowest BCUT2D eigenvalue weighted by Gasteiger charge is -2.38. The number of halogens is 3. The first kappa shape index (κ1) is 16.2. The highest BCUT2D eigenvalue weighted by Gasteiger charge is 2.50. The van der Waals surface area contributed by atoms with Gasteiger partial charge in [-0.25, -0.2) is 0 Å². The van der Waals surface area contributed by atoms with Crippen molar-refractivity contribution in [1.82, 2.24) is 0 Å². The third-order valence-electron chi connectivity index (χ3n) is 4.23. The summed E-state index contributed by atoms with van der Waals surface area (Å²) in [6, 6.07) is 5.72. The fourth-order valence-electron chi connectivity index (χ4n) is 3.05. The molecule has 1 aliphatic heterocycles. The van der Waals surface area contributed by atoms with E-state index >= 15 is 0 Å². The van der Waals surface area contributed by atoms with E-state index in [2.05, 4.69) is 0 Å². The zero-order valence-corrected chi connectivity index (χ0v) is 12.3. The van der Waals surface area contributed by atoms with Crippen molar-refractivity contribution >= 4 is 11.4 Å². The zero-order chi connectivity index (χ0) is 17.5. The van der Waals surface area contributed by atoms with Crippen molar-refractivity contribution in [2.75, 3.05) is 6.61 Å². The molecule has 3 atom stereocenters. The van der Waals surface area contributed by atoms with Crippen molar-refractivity contribution in [3.8, 4) is 0 Å². The lowest BCUT2D eigenvalue weighted by molar-refractivity contribution is -0.384. The molecule has 1 saturated heterocycles. The molecular weight excluding hydrogens is 325 g/mol. The van der Waals surface area contributed by atoms with Crippen LogP contribution >= 0.6 is 0 Å². The minimum Gasteiger partial charge on any atom is -0.496 e. The first-order valence-electron chi connectivity index (χ1n) is 7.19. The van der Waals surface area contributed by atoms with Crippen molar-refractivity contribution < 1.29 is 22.8 Å². The first-order valence-corrected chi connectivity index (χ1v) is 7.19. The van der Waals surface area contributed by atoms with Crippen molar-refractivity contribution in [3.63, 3.8) is 0 Å². The standard InChI is InChI=1S/C16H13F3N2O3/c17-16(18,19)12-8-24-13-6-2-5-11(14(13)15(12)20)9-3-1-4-10(7-9)21(22)23/h1-7,11-12,14,20H,8H2. The van der Waals surface area contributed by atoms with Gasteiger partial charge in [0.25, 0.3) is 5.69 Å². The normalized spacial score (nSPS) is 26.4. The molecule has 3 rings (SSSR count). The number of fused-ring (bicyclic) bond motifs is 1. The fraction of sp³-hybridized carbons (Fsp3) is 0.312. The number of nitrogens with zero attached hydrogens (tertiary/aromatic N) is 1. The van der Waals surface area contributed by atoms with Gasteiger partial charge in [0.15, 0.2) is 0 Å². The summed E-state index contributed by atoms with van der Waals surface area (Å²) in [6.45, 7) is -0.611. The van der Waals surface area contributed by atoms with Gasteiger partial charge in [0.05, 0.1) is 10.8 Å². The summed E-state index contributed by atoms with van der Waals surface area (Å²) in [7, 11) is 0. The van der Waals surface area contributed by atoms with E-state index in [1.54, 1.807) is 24.3 Å². The van der Waals surface area contributed by atoms with E-state index in [1.165, 1.54) is 18.2 Å². The highest BCUT2D eigenvalue weighted by Crippen LogP contribution is 2.44. The minimum atomic E-state index is -4.56. The Morgan fingerprint density at radius 3 is 2.75 bits per heavy atom. The SMILES string of the molecule is N=C1C2C(=CC=CC2c2cccc([N+](=O)[O-])c2)OCC1C(F)(F)F. The van der Waals surface area contributed by atoms with E-state index in [1.807, 2.05) is 0 Å². The molecule has 126 valence electrons. The highest BCUT2D eigenvalue weighted by atomic mass is 19.4. The lowest BCUT2D eigenvalue weighted by Crippen LogP contribution is -2.45. The molecule has 0 saturated carbocycles. The van der Waals surface area contributed by atoms with Gasteiger partial charge in [-0.15, -0.1) is 0 Å². The molecule has 1 fully saturated rings. The average Bonchev–Trinajstić information content (AvgIpc) is 2.53. The molecule has 2 aliphatic rings. The van der Waals surface area contributed by atoms with E-state index in [0.29, 0.717) is 11.3 Å². The second-order valence-electron chi connectivity index (χ2n) is 5.67. The molecule has 1 aromatic carbocycles. The molecule has 0 amide bonds. The average molecular weight is 338 g/mol. The Morgan fingerprint density at radius 1 is 1.33 bits per heavy atom. The van der Waals surface area contributed by atoms with Gasteiger partial charge in [0.1, 0.15) is 18.3 Å². The Balaban J connectivity index is 1.99. The number of hydrogen-bond donors (Lipinski definition) is 1. The summed E-state index contributed by atoms with van der Waals surface area (Å²) in [6.07, 6.45) is 0.261. The first-order chi connectivity index (χ1) is 11.3. The fourth-order valence-corrected chi connectivity index (χ4v) is 3.05. The molecule has 0 radical (unpaired) electrons. The number of hydrogen-bond acceptors (Lipinski definition) is 4. The number of nitrogens with one attached hydrogen (secondary N) is 1. The third-order valence-corrected chi connectivity index (χ3v) is 4.23. The molecule has 8 heteroatoms. The summed E-state index contributed by atoms with van der Waals surface area (Å²) in [5.74, 6) is -3.19. The maximum Gasteiger partial charge on any atom is 0.400 e. The van der Waals surface area contributed by atoms with E-state index in [-0.39, 0.29) is 5.69 Å². The quantitative estimate of drug-likeness (QED) is 0.655. The van der Waals surface area contributed by atoms with Gasteiger partial charge in [-0.2, -0.15) is 13.2 Å². The molecule has 5 nitrogen and oxygen atoms in total. The van der Waals surface area contributed by atoms with Crippen LogP contribution in [-0.2, 0) is 4.74 Å². The number of allylic oxidation sites excluding steroid dienone is 4. The Hall–Kier alpha value is -2.64. The summed E-state index contributed by atoms with van der Waals surface area (Å²) in [5.41, 5.74) is -0.138. The number of rotatable bonds is 2. The van der Waals surface area contributed by atoms with Crippen LogP contribution in [0.15, 0.2) is 48.3 Å². The van der Waals surface area contributed by atoms with Crippen LogP contribution < -0.4 is 0 Å². The van der Waals surface area contributed by atoms with Gasteiger partial charge in [-0.3, -0.25) is 10.1 Å². The van der Waals surface area contributed by atoms with Gasteiger partial charge in [-0.1, -0.05) is 24.3 Å². The molecule has 1 aromatic rings. The van der Waals surface area contributed by atoms with E-state index in [4.69, 9.17) is 10.1 Å². The van der Waals surface area contributed by atoms with Gasteiger partial charge in [0, 0.05) is 23.8 Å². The number of non-ortho nitro benzene ring substituents is 1. The van der Waals surface area contributed by atoms with Crippen molar-refractivity contribution in [2.45, 2.75) is 12.1 Å². The maximum absolute atomic E-state index is 13.1. The summed E-state index contributed by atoms with van der Waals surface area (Å²) >= 11 is 0. The van der Waals surface area contributed by atoms with Crippen LogP contribution in [0, 0.1) is 27.4 Å². The number of nitro benzene ring substituents is 1. The lowest BCUT2D eigenvalue weighted by atomic mass is 9.74. The molecule has 0 spiro atoms. The molecule has 1 N–H and O–H groups in total. The molecule has 1 aliphatic carbocycles. The monoisotopic (exact) mass is 338 g/mol. The van der Waals surface area contributed by atoms with Gasteiger partial charge < -0.3 is 10.1 Å². The third kappa shape index (κ3) is 2.79. The highest BCUT2D eigenvalue weighted by molar-refractivity contribution is 5.91. The molecular formula is C16H13F3N2O3. The minimum absolute atomic E-state index is 0.146. The second kappa shape index (κ2) is 5.77. The molecule has 0 bridgehead atoms. The smallest absolute Gasteiger partial charge is 0.400 e. The van der Waals surface area contributed by atoms with Crippen LogP contribution in [0.2, 0.25) is 0 Å². The van der Waals surface area contributed by atoms with Crippen LogP contribution in [-0.4, -0.2) is 23.4 Å². The van der Waals surface area contributed by atoms with Gasteiger partial charge in [0.2, 0.25) is 0 Å². The number of ether oxygens (including phenoxy) is 1. The Morgan fingerprint density at radius 2 is 2.08 bits per heavy atom. The summed E-state index contributed by atoms with van der Waals surface area (Å²) < 4.78 is 44.5.